The Hall–Kier alpha value is -0.950. The predicted molar refractivity (Wildman–Crippen MR) is 86.3 cm³/mol. The Kier molecular flexibility index (Phi) is 4.59. The van der Waals surface area contributed by atoms with Crippen molar-refractivity contribution in [1.29, 1.82) is 0 Å². The third-order valence-electron chi connectivity index (χ3n) is 3.61. The number of benzene rings is 1. The fourth-order valence-electron chi connectivity index (χ4n) is 2.54. The molecule has 2 N–H and O–H groups in total. The second-order valence-corrected chi connectivity index (χ2v) is 6.43. The number of hydrogen-bond donors (Lipinski definition) is 2. The van der Waals surface area contributed by atoms with Crippen molar-refractivity contribution in [3.05, 3.63) is 16.1 Å². The molecule has 1 amide bonds. The normalized spacial score (nSPS) is 15.7. The molecule has 112 valence electrons. The first-order valence-electron chi connectivity index (χ1n) is 6.78. The summed E-state index contributed by atoms with van der Waals surface area (Å²) < 4.78 is 8.27. The molecule has 0 unspecified atom stereocenters. The van der Waals surface area contributed by atoms with Crippen LogP contribution in [0.1, 0.15) is 25.7 Å². The molecule has 0 spiro atoms. The quantitative estimate of drug-likeness (QED) is 0.890. The van der Waals surface area contributed by atoms with E-state index in [1.54, 1.807) is 6.07 Å². The monoisotopic (exact) mass is 344 g/mol. The number of carbonyl (C=O) groups is 1. The van der Waals surface area contributed by atoms with Gasteiger partial charge in [-0.2, -0.15) is 8.75 Å². The van der Waals surface area contributed by atoms with Gasteiger partial charge in [0.1, 0.15) is 11.0 Å². The average Bonchev–Trinajstić information content (AvgIpc) is 3.12. The molecule has 1 aliphatic carbocycles. The van der Waals surface area contributed by atoms with Crippen molar-refractivity contribution in [2.24, 2.45) is 0 Å². The second-order valence-electron chi connectivity index (χ2n) is 5.09. The molecule has 0 atom stereocenters. The van der Waals surface area contributed by atoms with Crippen molar-refractivity contribution in [3.63, 3.8) is 0 Å². The largest absolute Gasteiger partial charge is 0.322 e. The topological polar surface area (TPSA) is 66.9 Å². The van der Waals surface area contributed by atoms with Gasteiger partial charge in [-0.1, -0.05) is 36.0 Å². The zero-order valence-electron chi connectivity index (χ0n) is 11.2. The van der Waals surface area contributed by atoms with Gasteiger partial charge in [0, 0.05) is 6.04 Å². The van der Waals surface area contributed by atoms with Gasteiger partial charge in [0.25, 0.3) is 0 Å². The molecule has 2 aromatic rings. The number of fused-ring (bicyclic) bond motifs is 1. The van der Waals surface area contributed by atoms with E-state index in [1.807, 2.05) is 0 Å². The highest BCUT2D eigenvalue weighted by atomic mass is 35.5. The molecule has 1 aromatic carbocycles. The minimum Gasteiger partial charge on any atom is -0.322 e. The molecule has 1 aromatic heterocycles. The summed E-state index contributed by atoms with van der Waals surface area (Å²) in [5.41, 5.74) is 1.57. The van der Waals surface area contributed by atoms with Crippen LogP contribution in [0.15, 0.2) is 6.07 Å². The standard InChI is InChI=1S/C13H14Cl2N4OS/c14-8-5-9(15)12-13(19-21-18-12)11(8)17-10(20)6-16-7-3-1-2-4-7/h5,7,16H,1-4,6H2,(H,17,20). The Morgan fingerprint density at radius 2 is 1.95 bits per heavy atom. The van der Waals surface area contributed by atoms with E-state index in [1.165, 1.54) is 12.8 Å². The van der Waals surface area contributed by atoms with Crippen molar-refractivity contribution >= 4 is 57.6 Å². The van der Waals surface area contributed by atoms with Crippen LogP contribution >= 0.6 is 34.9 Å². The van der Waals surface area contributed by atoms with E-state index < -0.39 is 0 Å². The third kappa shape index (κ3) is 3.29. The molecule has 21 heavy (non-hydrogen) atoms. The van der Waals surface area contributed by atoms with E-state index in [9.17, 15) is 4.79 Å². The van der Waals surface area contributed by atoms with Crippen molar-refractivity contribution in [2.75, 3.05) is 11.9 Å². The molecular weight excluding hydrogens is 331 g/mol. The van der Waals surface area contributed by atoms with Gasteiger partial charge < -0.3 is 10.6 Å². The van der Waals surface area contributed by atoms with Gasteiger partial charge in [-0.25, -0.2) is 0 Å². The SMILES string of the molecule is O=C(CNC1CCCC1)Nc1c(Cl)cc(Cl)c2nsnc12. The molecule has 0 bridgehead atoms. The van der Waals surface area contributed by atoms with Gasteiger partial charge in [0.2, 0.25) is 5.91 Å². The Labute approximate surface area is 136 Å². The summed E-state index contributed by atoms with van der Waals surface area (Å²) in [7, 11) is 0. The van der Waals surface area contributed by atoms with Gasteiger partial charge >= 0.3 is 0 Å². The molecular formula is C13H14Cl2N4OS. The van der Waals surface area contributed by atoms with Gasteiger partial charge in [-0.05, 0) is 18.9 Å². The first-order chi connectivity index (χ1) is 10.1. The maximum atomic E-state index is 12.1. The maximum Gasteiger partial charge on any atom is 0.238 e. The van der Waals surface area contributed by atoms with Gasteiger partial charge in [0.15, 0.2) is 0 Å². The summed E-state index contributed by atoms with van der Waals surface area (Å²) in [5.74, 6) is -0.138. The molecule has 8 heteroatoms. The van der Waals surface area contributed by atoms with Crippen LogP contribution in [0.5, 0.6) is 0 Å². The summed E-state index contributed by atoms with van der Waals surface area (Å²) in [6, 6.07) is 2.02. The summed E-state index contributed by atoms with van der Waals surface area (Å²) in [6.45, 7) is 0.267. The number of hydrogen-bond acceptors (Lipinski definition) is 5. The maximum absolute atomic E-state index is 12.1. The molecule has 0 saturated heterocycles. The molecule has 5 nitrogen and oxygen atoms in total. The Morgan fingerprint density at radius 1 is 1.24 bits per heavy atom. The number of amides is 1. The van der Waals surface area contributed by atoms with E-state index in [4.69, 9.17) is 23.2 Å². The molecule has 0 radical (unpaired) electrons. The highest BCUT2D eigenvalue weighted by Crippen LogP contribution is 2.35. The Morgan fingerprint density at radius 3 is 2.71 bits per heavy atom. The van der Waals surface area contributed by atoms with Crippen LogP contribution < -0.4 is 10.6 Å². The van der Waals surface area contributed by atoms with Crippen molar-refractivity contribution in [2.45, 2.75) is 31.7 Å². The van der Waals surface area contributed by atoms with E-state index >= 15 is 0 Å². The lowest BCUT2D eigenvalue weighted by Crippen LogP contribution is -2.34. The minimum atomic E-state index is -0.138. The van der Waals surface area contributed by atoms with Crippen LogP contribution in [-0.4, -0.2) is 27.2 Å². The van der Waals surface area contributed by atoms with Crippen molar-refractivity contribution in [3.8, 4) is 0 Å². The molecule has 1 saturated carbocycles. The number of nitrogens with one attached hydrogen (secondary N) is 2. The molecule has 1 fully saturated rings. The van der Waals surface area contributed by atoms with Crippen LogP contribution in [0, 0.1) is 0 Å². The summed E-state index contributed by atoms with van der Waals surface area (Å²) in [6.07, 6.45) is 4.73. The Bertz CT molecular complexity index is 669. The lowest BCUT2D eigenvalue weighted by molar-refractivity contribution is -0.115. The highest BCUT2D eigenvalue weighted by molar-refractivity contribution is 7.00. The Balaban J connectivity index is 1.72. The number of rotatable bonds is 4. The fraction of sp³-hybridized carbons (Fsp3) is 0.462. The van der Waals surface area contributed by atoms with Crippen LogP contribution in [0.25, 0.3) is 11.0 Å². The number of nitrogens with zero attached hydrogens (tertiary/aromatic N) is 2. The van der Waals surface area contributed by atoms with E-state index in [0.717, 1.165) is 24.6 Å². The highest BCUT2D eigenvalue weighted by Gasteiger charge is 2.18. The van der Waals surface area contributed by atoms with Gasteiger partial charge in [-0.3, -0.25) is 4.79 Å². The molecule has 0 aliphatic heterocycles. The lowest BCUT2D eigenvalue weighted by atomic mass is 10.2. The average molecular weight is 345 g/mol. The van der Waals surface area contributed by atoms with E-state index in [2.05, 4.69) is 19.4 Å². The number of anilines is 1. The molecule has 3 rings (SSSR count). The minimum absolute atomic E-state index is 0.138. The second kappa shape index (κ2) is 6.44. The van der Waals surface area contributed by atoms with E-state index in [0.29, 0.717) is 32.8 Å². The smallest absolute Gasteiger partial charge is 0.238 e. The lowest BCUT2D eigenvalue weighted by Gasteiger charge is -2.12. The first-order valence-corrected chi connectivity index (χ1v) is 8.27. The summed E-state index contributed by atoms with van der Waals surface area (Å²) >= 11 is 13.2. The van der Waals surface area contributed by atoms with Crippen LogP contribution in [0.2, 0.25) is 10.0 Å². The molecule has 1 aliphatic rings. The number of aromatic nitrogens is 2. The van der Waals surface area contributed by atoms with Crippen molar-refractivity contribution < 1.29 is 4.79 Å². The zero-order chi connectivity index (χ0) is 14.8. The molecule has 1 heterocycles. The summed E-state index contributed by atoms with van der Waals surface area (Å²) in [4.78, 5) is 12.1. The van der Waals surface area contributed by atoms with Gasteiger partial charge in [0.05, 0.1) is 34.0 Å². The fourth-order valence-corrected chi connectivity index (χ4v) is 3.70. The predicted octanol–water partition coefficient (Wildman–Crippen LogP) is 3.47. The number of halogens is 2. The van der Waals surface area contributed by atoms with E-state index in [-0.39, 0.29) is 12.5 Å². The van der Waals surface area contributed by atoms with Crippen LogP contribution in [0.3, 0.4) is 0 Å². The van der Waals surface area contributed by atoms with Gasteiger partial charge in [-0.15, -0.1) is 0 Å². The first kappa shape index (κ1) is 15.0. The van der Waals surface area contributed by atoms with Crippen LogP contribution in [0.4, 0.5) is 5.69 Å². The zero-order valence-corrected chi connectivity index (χ0v) is 13.5. The summed E-state index contributed by atoms with van der Waals surface area (Å²) in [5, 5.41) is 6.87. The van der Waals surface area contributed by atoms with Crippen molar-refractivity contribution in [1.82, 2.24) is 14.1 Å². The van der Waals surface area contributed by atoms with Crippen LogP contribution in [-0.2, 0) is 4.79 Å². The number of carbonyl (C=O) groups excluding carboxylic acids is 1. The third-order valence-corrected chi connectivity index (χ3v) is 4.73.